The van der Waals surface area contributed by atoms with Gasteiger partial charge in [0.15, 0.2) is 23.3 Å². The van der Waals surface area contributed by atoms with Gasteiger partial charge in [-0.25, -0.2) is 51.2 Å². The molecule has 87 heavy (non-hydrogen) atoms. The van der Waals surface area contributed by atoms with E-state index in [9.17, 15) is 38.8 Å². The number of nitrogen functional groups attached to an aromatic ring is 4. The summed E-state index contributed by atoms with van der Waals surface area (Å²) < 4.78 is 72.8. The zero-order valence-electron chi connectivity index (χ0n) is 48.4. The van der Waals surface area contributed by atoms with Crippen LogP contribution in [-0.2, 0) is 18.9 Å². The van der Waals surface area contributed by atoms with Gasteiger partial charge in [-0.15, -0.1) is 0 Å². The molecule has 0 bridgehead atoms. The first-order valence-corrected chi connectivity index (χ1v) is 28.2. The lowest BCUT2D eigenvalue weighted by Gasteiger charge is -2.28. The number of rotatable bonds is 10. The van der Waals surface area contributed by atoms with E-state index in [1.165, 1.54) is 51.8 Å². The average Bonchev–Trinajstić information content (AvgIpc) is 1.78. The molecule has 14 atom stereocenters. The maximum absolute atomic E-state index is 15.2. The van der Waals surface area contributed by atoms with Crippen LogP contribution in [-0.4, -0.2) is 159 Å². The number of fused-ring (bicyclic) bond motifs is 4. The summed E-state index contributed by atoms with van der Waals surface area (Å²) in [4.78, 5) is 38.9. The van der Waals surface area contributed by atoms with E-state index in [0.717, 1.165) is 0 Å². The summed E-state index contributed by atoms with van der Waals surface area (Å²) >= 11 is 12.3. The lowest BCUT2D eigenvalue weighted by Crippen LogP contribution is -2.32. The van der Waals surface area contributed by atoms with Gasteiger partial charge >= 0.3 is 0 Å². The number of nitrogens with zero attached hydrogens (tertiary/aromatic N) is 12. The monoisotopic (exact) mass is 1260 g/mol. The van der Waals surface area contributed by atoms with E-state index in [-0.39, 0.29) is 89.9 Å². The molecule has 28 nitrogen and oxygen atoms in total. The number of alkyl halides is 3. The molecule has 12 rings (SSSR count). The van der Waals surface area contributed by atoms with Gasteiger partial charge in [-0.3, -0.25) is 9.59 Å². The minimum Gasteiger partial charge on any atom is -0.394 e. The van der Waals surface area contributed by atoms with Gasteiger partial charge in [-0.2, -0.15) is 20.4 Å². The first kappa shape index (κ1) is 64.2. The fraction of sp³-hybridized carbons (Fsp3) is 0.519. The molecule has 2 amide bonds. The Balaban J connectivity index is 0.000000139. The van der Waals surface area contributed by atoms with Gasteiger partial charge in [0.2, 0.25) is 0 Å². The van der Waals surface area contributed by atoms with Crippen LogP contribution in [0.1, 0.15) is 123 Å². The molecule has 12 heterocycles. The molecular weight excluding hydrogens is 1190 g/mol. The summed E-state index contributed by atoms with van der Waals surface area (Å²) in [7, 11) is 0. The molecule has 16 N–H and O–H groups in total. The lowest BCUT2D eigenvalue weighted by atomic mass is 9.75. The fourth-order valence-corrected chi connectivity index (χ4v) is 12.4. The molecule has 4 saturated heterocycles. The summed E-state index contributed by atoms with van der Waals surface area (Å²) in [6, 6.07) is 6.30. The second-order valence-electron chi connectivity index (χ2n) is 23.2. The number of aliphatic hydroxyl groups is 4. The highest BCUT2D eigenvalue weighted by atomic mass is 35.5. The Morgan fingerprint density at radius 2 is 0.885 bits per heavy atom. The smallest absolute Gasteiger partial charge is 0.251 e. The SMILES string of the molecule is CC1(C)[C@H](F)[C@@H](CO)O[C@H]1c1cc(Cl)c2c(N)ncnn12.C[C@@H]1[C@@H](CO)O[C@@H](c2cc(C(N)=O)c3c(N)ncnn23)C1(C)C.C[C@@H]1[C@@H](CO)O[C@@H](c2cc(C(N)=O)c3c(N)ncnn23)[C@]1(C)F.C[C@H]1[C@@H](F)[C@H](c2cc(Cl)c3c(N)ncnn23)O[C@@H]1CO. The third-order valence-corrected chi connectivity index (χ3v) is 18.0. The molecule has 0 unspecified atom stereocenters. The molecule has 8 aromatic rings. The molecule has 0 saturated carbocycles. The number of carbonyl (C=O) groups is 2. The van der Waals surface area contributed by atoms with Crippen molar-refractivity contribution in [2.45, 2.75) is 122 Å². The van der Waals surface area contributed by atoms with E-state index >= 15 is 4.39 Å². The number of ether oxygens (including phenoxy) is 4. The van der Waals surface area contributed by atoms with E-state index < -0.39 is 83.7 Å². The van der Waals surface area contributed by atoms with Crippen molar-refractivity contribution in [3.05, 3.63) is 93.5 Å². The van der Waals surface area contributed by atoms with Crippen LogP contribution in [0.15, 0.2) is 49.6 Å². The van der Waals surface area contributed by atoms with Crippen LogP contribution in [0.5, 0.6) is 0 Å². The number of aliphatic hydroxyl groups excluding tert-OH is 4. The van der Waals surface area contributed by atoms with Crippen molar-refractivity contribution >= 4 is 80.4 Å². The standard InChI is InChI=1S/C15H21N5O3.C14H18FN5O3.C13H16ClFN4O2.C12H14ClFN4O2/c1-7-10(5-21)23-12(15(7,2)3)9-4-8(14(17)22)11-13(16)18-6-19-20(9)11;1-6-9(4-21)23-11(14(6,2)15)8-3-7(13(17)22)10-12(16)18-5-19-20(8)10;1-13(2)10(15)8(4-20)21-11(13)7-3-6(14)9-12(16)17-5-18-19(7)9;1-5-8(3-19)20-11(9(5)14)7-2-6(13)10-12(15)16-4-17-18(7)10/h4,6-7,10,12,21H,5H2,1-3H3,(H2,17,22)(H2,16,18,19);3,5-6,9,11,21H,4H2,1-2H3,(H2,17,22)(H2,16,18,19);3,5,8,10-11,20H,4H2,1-2H3,(H2,16,17,18);2,4-5,8-9,11,19H,3H2,1H3,(H2,15,16,17)/t7-,10-,12+;6-,9-,11+,14-;8-,10-,11+;5-,8-,9-,11+/m1111/s1. The molecule has 4 fully saturated rings. The van der Waals surface area contributed by atoms with E-state index in [2.05, 4.69) is 54.2 Å². The number of hydrogen-bond donors (Lipinski definition) is 10. The summed E-state index contributed by atoms with van der Waals surface area (Å²) in [5, 5.41) is 54.5. The van der Waals surface area contributed by atoms with E-state index in [1.54, 1.807) is 50.4 Å². The number of carbonyl (C=O) groups excluding carboxylic acids is 2. The van der Waals surface area contributed by atoms with Crippen LogP contribution in [0.2, 0.25) is 10.0 Å². The van der Waals surface area contributed by atoms with Crippen molar-refractivity contribution in [3.8, 4) is 0 Å². The highest BCUT2D eigenvalue weighted by molar-refractivity contribution is 6.35. The van der Waals surface area contributed by atoms with Crippen LogP contribution in [0.3, 0.4) is 0 Å². The molecular formula is C54H69Cl2F3N18O10. The topological polar surface area (TPSA) is 429 Å². The quantitative estimate of drug-likeness (QED) is 0.0929. The Labute approximate surface area is 504 Å². The number of primary amides is 2. The predicted molar refractivity (Wildman–Crippen MR) is 310 cm³/mol. The lowest BCUT2D eigenvalue weighted by molar-refractivity contribution is -0.0200. The number of nitrogens with two attached hydrogens (primary N) is 6. The molecule has 470 valence electrons. The number of hydrogen-bond acceptors (Lipinski definition) is 22. The average molecular weight is 1260 g/mol. The van der Waals surface area contributed by atoms with Crippen LogP contribution >= 0.6 is 23.2 Å². The van der Waals surface area contributed by atoms with Gasteiger partial charge in [0.25, 0.3) is 11.8 Å². The highest BCUT2D eigenvalue weighted by Gasteiger charge is 2.55. The van der Waals surface area contributed by atoms with Gasteiger partial charge in [0.05, 0.1) is 88.7 Å². The van der Waals surface area contributed by atoms with Crippen LogP contribution in [0.25, 0.3) is 22.1 Å². The van der Waals surface area contributed by atoms with Crippen LogP contribution in [0.4, 0.5) is 36.4 Å². The number of aromatic nitrogens is 12. The molecule has 8 aromatic heterocycles. The number of halogens is 5. The molecule has 4 aliphatic heterocycles. The minimum absolute atomic E-state index is 0.0605. The van der Waals surface area contributed by atoms with E-state index in [0.29, 0.717) is 49.4 Å². The highest BCUT2D eigenvalue weighted by Crippen LogP contribution is 2.53. The van der Waals surface area contributed by atoms with Gasteiger partial charge in [0, 0.05) is 22.7 Å². The normalized spacial score (nSPS) is 29.0. The fourth-order valence-electron chi connectivity index (χ4n) is 11.8. The van der Waals surface area contributed by atoms with Crippen LogP contribution in [0, 0.1) is 28.6 Å². The number of anilines is 4. The first-order valence-electron chi connectivity index (χ1n) is 27.4. The predicted octanol–water partition coefficient (Wildman–Crippen LogP) is 3.84. The number of amides is 2. The second kappa shape index (κ2) is 24.3. The summed E-state index contributed by atoms with van der Waals surface area (Å²) in [5.41, 5.74) is 35.1. The third kappa shape index (κ3) is 11.0. The zero-order valence-corrected chi connectivity index (χ0v) is 49.9. The van der Waals surface area contributed by atoms with Crippen molar-refractivity contribution in [1.82, 2.24) is 58.4 Å². The molecule has 0 radical (unpaired) electrons. The van der Waals surface area contributed by atoms with Gasteiger partial charge in [0.1, 0.15) is 95.9 Å². The molecule has 0 aromatic carbocycles. The van der Waals surface area contributed by atoms with Crippen molar-refractivity contribution in [2.24, 2.45) is 40.1 Å². The van der Waals surface area contributed by atoms with E-state index in [1.807, 2.05) is 6.92 Å². The van der Waals surface area contributed by atoms with Gasteiger partial charge in [-0.05, 0) is 37.1 Å². The maximum Gasteiger partial charge on any atom is 0.251 e. The third-order valence-electron chi connectivity index (χ3n) is 17.4. The Bertz CT molecular complexity index is 3740. The molecule has 0 aliphatic carbocycles. The molecule has 33 heteroatoms. The second-order valence-corrected chi connectivity index (χ2v) is 24.0. The van der Waals surface area contributed by atoms with Crippen molar-refractivity contribution in [2.75, 3.05) is 49.4 Å². The minimum atomic E-state index is -1.77. The van der Waals surface area contributed by atoms with Crippen LogP contribution < -0.4 is 34.4 Å². The summed E-state index contributed by atoms with van der Waals surface area (Å²) in [5.74, 6) is -1.44. The van der Waals surface area contributed by atoms with Crippen molar-refractivity contribution < 1.29 is 62.1 Å². The zero-order chi connectivity index (χ0) is 63.7. The Morgan fingerprint density at radius 1 is 0.529 bits per heavy atom. The molecule has 4 aliphatic rings. The molecule has 0 spiro atoms. The van der Waals surface area contributed by atoms with E-state index in [4.69, 9.17) is 76.6 Å². The first-order chi connectivity index (χ1) is 41.0. The summed E-state index contributed by atoms with van der Waals surface area (Å²) in [6.07, 6.45) is -2.60. The Kier molecular flexibility index (Phi) is 17.9. The largest absolute Gasteiger partial charge is 0.394 e. The van der Waals surface area contributed by atoms with Crippen molar-refractivity contribution in [1.29, 1.82) is 0 Å². The van der Waals surface area contributed by atoms with Crippen molar-refractivity contribution in [3.63, 3.8) is 0 Å². The van der Waals surface area contributed by atoms with Gasteiger partial charge in [-0.1, -0.05) is 71.7 Å². The Morgan fingerprint density at radius 3 is 1.29 bits per heavy atom. The Hall–Kier alpha value is -7.33. The maximum atomic E-state index is 15.2. The van der Waals surface area contributed by atoms with Gasteiger partial charge < -0.3 is 73.8 Å². The summed E-state index contributed by atoms with van der Waals surface area (Å²) in [6.45, 7) is 13.4.